The molecule has 1 amide bonds. The first kappa shape index (κ1) is 14.3. The van der Waals surface area contributed by atoms with E-state index in [1.165, 1.54) is 6.07 Å². The number of pyridine rings is 1. The van der Waals surface area contributed by atoms with Crippen LogP contribution in [0.25, 0.3) is 0 Å². The summed E-state index contributed by atoms with van der Waals surface area (Å²) in [5.74, 6) is -0.310. The summed E-state index contributed by atoms with van der Waals surface area (Å²) in [6.07, 6.45) is 2.94. The maximum atomic E-state index is 11.9. The molecule has 2 rings (SSSR count). The average Bonchev–Trinajstić information content (AvgIpc) is 2.82. The summed E-state index contributed by atoms with van der Waals surface area (Å²) < 4.78 is 0. The van der Waals surface area contributed by atoms with Crippen molar-refractivity contribution in [1.29, 1.82) is 0 Å². The second kappa shape index (κ2) is 6.38. The number of hydrogen-bond acceptors (Lipinski definition) is 3. The van der Waals surface area contributed by atoms with Gasteiger partial charge in [0.05, 0.1) is 10.7 Å². The Balaban J connectivity index is 1.90. The number of nitrogens with one attached hydrogen (secondary N) is 3. The first-order valence-electron chi connectivity index (χ1n) is 6.30. The Morgan fingerprint density at radius 2 is 2.25 bits per heavy atom. The normalized spacial score (nSPS) is 10.5. The van der Waals surface area contributed by atoms with E-state index in [9.17, 15) is 9.59 Å². The molecule has 0 radical (unpaired) electrons. The molecule has 0 saturated heterocycles. The monoisotopic (exact) mass is 294 g/mol. The Kier molecular flexibility index (Phi) is 4.57. The Labute approximate surface area is 120 Å². The van der Waals surface area contributed by atoms with Crippen LogP contribution >= 0.6 is 11.6 Å². The molecule has 0 aliphatic heterocycles. The minimum absolute atomic E-state index is 0.145. The Hall–Kier alpha value is -2.08. The predicted octanol–water partition coefficient (Wildman–Crippen LogP) is 1.29. The van der Waals surface area contributed by atoms with Gasteiger partial charge in [0.2, 0.25) is 5.56 Å². The zero-order valence-corrected chi connectivity index (χ0v) is 11.8. The second-order valence-electron chi connectivity index (χ2n) is 4.29. The molecule has 0 spiro atoms. The van der Waals surface area contributed by atoms with E-state index in [1.807, 2.05) is 6.92 Å². The van der Waals surface area contributed by atoms with Crippen LogP contribution in [0.2, 0.25) is 5.02 Å². The summed E-state index contributed by atoms with van der Waals surface area (Å²) in [4.78, 5) is 25.4. The van der Waals surface area contributed by atoms with Crippen LogP contribution in [0.3, 0.4) is 0 Å². The lowest BCUT2D eigenvalue weighted by atomic mass is 10.2. The minimum atomic E-state index is -0.310. The van der Waals surface area contributed by atoms with Crippen molar-refractivity contribution in [2.45, 2.75) is 19.8 Å². The third-order valence-electron chi connectivity index (χ3n) is 2.89. The molecule has 0 aliphatic rings. The average molecular weight is 295 g/mol. The van der Waals surface area contributed by atoms with Crippen LogP contribution in [-0.4, -0.2) is 27.6 Å². The summed E-state index contributed by atoms with van der Waals surface area (Å²) in [5, 5.41) is 9.76. The molecule has 7 heteroatoms. The van der Waals surface area contributed by atoms with Gasteiger partial charge >= 0.3 is 0 Å². The molecule has 0 fully saturated rings. The van der Waals surface area contributed by atoms with E-state index in [-0.39, 0.29) is 17.2 Å². The van der Waals surface area contributed by atoms with Crippen molar-refractivity contribution < 1.29 is 4.79 Å². The Morgan fingerprint density at radius 1 is 1.45 bits per heavy atom. The molecule has 0 atom stereocenters. The molecule has 6 nitrogen and oxygen atoms in total. The SMILES string of the molecule is CCc1[nH]nc(C(=O)NCCc2ccc(=O)[nH]c2)c1Cl. The van der Waals surface area contributed by atoms with E-state index in [0.29, 0.717) is 24.4 Å². The van der Waals surface area contributed by atoms with Gasteiger partial charge in [0, 0.05) is 18.8 Å². The fraction of sp³-hybridized carbons (Fsp3) is 0.308. The Morgan fingerprint density at radius 3 is 2.85 bits per heavy atom. The van der Waals surface area contributed by atoms with Crippen LogP contribution < -0.4 is 10.9 Å². The number of carbonyl (C=O) groups excluding carboxylic acids is 1. The Bertz CT molecular complexity index is 642. The van der Waals surface area contributed by atoms with Crippen LogP contribution in [0.4, 0.5) is 0 Å². The lowest BCUT2D eigenvalue weighted by Gasteiger charge is -2.03. The fourth-order valence-corrected chi connectivity index (χ4v) is 2.06. The first-order valence-corrected chi connectivity index (χ1v) is 6.68. The smallest absolute Gasteiger partial charge is 0.273 e. The summed E-state index contributed by atoms with van der Waals surface area (Å²) in [6, 6.07) is 3.18. The molecular formula is C13H15ClN4O2. The topological polar surface area (TPSA) is 90.6 Å². The van der Waals surface area contributed by atoms with Crippen molar-refractivity contribution >= 4 is 17.5 Å². The van der Waals surface area contributed by atoms with Crippen LogP contribution in [0.15, 0.2) is 23.1 Å². The van der Waals surface area contributed by atoms with Gasteiger partial charge in [0.25, 0.3) is 5.91 Å². The summed E-state index contributed by atoms with van der Waals surface area (Å²) in [7, 11) is 0. The molecule has 3 N–H and O–H groups in total. The van der Waals surface area contributed by atoms with Gasteiger partial charge in [0.15, 0.2) is 5.69 Å². The van der Waals surface area contributed by atoms with Gasteiger partial charge in [-0.25, -0.2) is 0 Å². The maximum absolute atomic E-state index is 11.9. The predicted molar refractivity (Wildman–Crippen MR) is 76.1 cm³/mol. The van der Waals surface area contributed by atoms with Gasteiger partial charge in [-0.1, -0.05) is 24.6 Å². The third-order valence-corrected chi connectivity index (χ3v) is 3.30. The second-order valence-corrected chi connectivity index (χ2v) is 4.66. The van der Waals surface area contributed by atoms with Crippen LogP contribution in [0, 0.1) is 0 Å². The summed E-state index contributed by atoms with van der Waals surface area (Å²) in [5.41, 5.74) is 1.75. The molecule has 0 aliphatic carbocycles. The van der Waals surface area contributed by atoms with Crippen LogP contribution in [-0.2, 0) is 12.8 Å². The zero-order valence-electron chi connectivity index (χ0n) is 11.0. The molecule has 20 heavy (non-hydrogen) atoms. The van der Waals surface area contributed by atoms with Gasteiger partial charge in [-0.05, 0) is 18.4 Å². The number of H-pyrrole nitrogens is 2. The van der Waals surface area contributed by atoms with Crippen LogP contribution in [0.5, 0.6) is 0 Å². The van der Waals surface area contributed by atoms with E-state index in [4.69, 9.17) is 11.6 Å². The molecule has 2 aromatic heterocycles. The number of aromatic nitrogens is 3. The number of nitrogens with zero attached hydrogens (tertiary/aromatic N) is 1. The van der Waals surface area contributed by atoms with Crippen molar-refractivity contribution in [2.24, 2.45) is 0 Å². The lowest BCUT2D eigenvalue weighted by molar-refractivity contribution is 0.0949. The summed E-state index contributed by atoms with van der Waals surface area (Å²) >= 11 is 6.04. The third kappa shape index (κ3) is 3.27. The minimum Gasteiger partial charge on any atom is -0.350 e. The first-order chi connectivity index (χ1) is 9.61. The fourth-order valence-electron chi connectivity index (χ4n) is 1.75. The highest BCUT2D eigenvalue weighted by Gasteiger charge is 2.16. The molecular weight excluding hydrogens is 280 g/mol. The van der Waals surface area contributed by atoms with E-state index < -0.39 is 0 Å². The van der Waals surface area contributed by atoms with E-state index in [2.05, 4.69) is 20.5 Å². The molecule has 0 aromatic carbocycles. The largest absolute Gasteiger partial charge is 0.350 e. The number of halogens is 1. The number of carbonyl (C=O) groups is 1. The van der Waals surface area contributed by atoms with Crippen LogP contribution in [0.1, 0.15) is 28.7 Å². The molecule has 106 valence electrons. The van der Waals surface area contributed by atoms with Crippen molar-refractivity contribution in [3.8, 4) is 0 Å². The number of amides is 1. The molecule has 0 saturated carbocycles. The standard InChI is InChI=1S/C13H15ClN4O2/c1-2-9-11(14)12(18-17-9)13(20)15-6-5-8-3-4-10(19)16-7-8/h3-4,7H,2,5-6H2,1H3,(H,15,20)(H,16,19)(H,17,18). The van der Waals surface area contributed by atoms with Crippen molar-refractivity contribution in [3.63, 3.8) is 0 Å². The van der Waals surface area contributed by atoms with Crippen molar-refractivity contribution in [3.05, 3.63) is 50.7 Å². The van der Waals surface area contributed by atoms with Crippen molar-refractivity contribution in [2.75, 3.05) is 6.54 Å². The molecule has 2 heterocycles. The van der Waals surface area contributed by atoms with Gasteiger partial charge in [-0.15, -0.1) is 0 Å². The zero-order chi connectivity index (χ0) is 14.5. The number of aryl methyl sites for hydroxylation is 1. The van der Waals surface area contributed by atoms with Gasteiger partial charge in [0.1, 0.15) is 0 Å². The number of rotatable bonds is 5. The quantitative estimate of drug-likeness (QED) is 0.776. The highest BCUT2D eigenvalue weighted by Crippen LogP contribution is 2.18. The highest BCUT2D eigenvalue weighted by atomic mass is 35.5. The molecule has 0 bridgehead atoms. The number of hydrogen-bond donors (Lipinski definition) is 3. The van der Waals surface area contributed by atoms with E-state index in [1.54, 1.807) is 12.3 Å². The molecule has 2 aromatic rings. The maximum Gasteiger partial charge on any atom is 0.273 e. The van der Waals surface area contributed by atoms with Gasteiger partial charge in [-0.2, -0.15) is 5.10 Å². The molecule has 0 unspecified atom stereocenters. The summed E-state index contributed by atoms with van der Waals surface area (Å²) in [6.45, 7) is 2.37. The van der Waals surface area contributed by atoms with E-state index >= 15 is 0 Å². The van der Waals surface area contributed by atoms with Gasteiger partial charge in [-0.3, -0.25) is 14.7 Å². The highest BCUT2D eigenvalue weighted by molar-refractivity contribution is 6.34. The van der Waals surface area contributed by atoms with Crippen molar-refractivity contribution in [1.82, 2.24) is 20.5 Å². The van der Waals surface area contributed by atoms with Gasteiger partial charge < -0.3 is 10.3 Å². The van der Waals surface area contributed by atoms with E-state index in [0.717, 1.165) is 11.3 Å². The number of aromatic amines is 2. The lowest BCUT2D eigenvalue weighted by Crippen LogP contribution is -2.26.